The number of hydrogen-bond donors (Lipinski definition) is 2. The molecule has 8 nitrogen and oxygen atoms in total. The smallest absolute Gasteiger partial charge is 0.352 e. The van der Waals surface area contributed by atoms with Crippen molar-refractivity contribution in [3.05, 3.63) is 39.3 Å². The van der Waals surface area contributed by atoms with E-state index in [2.05, 4.69) is 10.5 Å². The molecule has 0 aliphatic carbocycles. The lowest BCUT2D eigenvalue weighted by atomic mass is 10.3. The Labute approximate surface area is 89.0 Å². The van der Waals surface area contributed by atoms with Gasteiger partial charge in [-0.05, 0) is 17.3 Å². The number of hydrogen-bond acceptors (Lipinski definition) is 6. The van der Waals surface area contributed by atoms with Crippen molar-refractivity contribution in [2.75, 3.05) is 5.32 Å². The highest BCUT2D eigenvalue weighted by Crippen LogP contribution is 2.16. The van der Waals surface area contributed by atoms with Crippen LogP contribution < -0.4 is 5.32 Å². The quantitative estimate of drug-likeness (QED) is 0.440. The van der Waals surface area contributed by atoms with E-state index in [-0.39, 0.29) is 11.4 Å². The molecule has 84 valence electrons. The largest absolute Gasteiger partial charge is 0.478 e. The van der Waals surface area contributed by atoms with Crippen molar-refractivity contribution >= 4 is 17.3 Å². The van der Waals surface area contributed by atoms with Crippen LogP contribution >= 0.6 is 0 Å². The van der Waals surface area contributed by atoms with Crippen molar-refractivity contribution in [3.63, 3.8) is 0 Å². The van der Waals surface area contributed by atoms with Crippen molar-refractivity contribution in [1.82, 2.24) is 0 Å². The summed E-state index contributed by atoms with van der Waals surface area (Å²) in [5.74, 6) is -1.42. The number of aliphatic carboxylic acids is 1. The van der Waals surface area contributed by atoms with Crippen LogP contribution in [0.5, 0.6) is 0 Å². The summed E-state index contributed by atoms with van der Waals surface area (Å²) < 4.78 is 0. The van der Waals surface area contributed by atoms with E-state index in [9.17, 15) is 19.8 Å². The lowest BCUT2D eigenvalue weighted by Crippen LogP contribution is -2.26. The first kappa shape index (κ1) is 11.6. The molecule has 0 heterocycles. The van der Waals surface area contributed by atoms with Gasteiger partial charge < -0.3 is 10.4 Å². The summed E-state index contributed by atoms with van der Waals surface area (Å²) in [5.41, 5.74) is 0.133. The zero-order valence-electron chi connectivity index (χ0n) is 7.86. The van der Waals surface area contributed by atoms with E-state index in [1.165, 1.54) is 24.3 Å². The molecule has 0 aliphatic rings. The molecule has 0 saturated heterocycles. The van der Waals surface area contributed by atoms with Crippen LogP contribution in [-0.2, 0) is 4.79 Å². The summed E-state index contributed by atoms with van der Waals surface area (Å²) >= 11 is 0. The van der Waals surface area contributed by atoms with Gasteiger partial charge in [0.05, 0.1) is 4.92 Å². The Morgan fingerprint density at radius 2 is 2.00 bits per heavy atom. The van der Waals surface area contributed by atoms with Crippen LogP contribution in [0.15, 0.2) is 29.4 Å². The molecule has 0 amide bonds. The Kier molecular flexibility index (Phi) is 3.49. The molecule has 0 fully saturated rings. The highest BCUT2D eigenvalue weighted by molar-refractivity contribution is 5.77. The van der Waals surface area contributed by atoms with E-state index in [0.717, 1.165) is 0 Å². The lowest BCUT2D eigenvalue weighted by Gasteiger charge is -2.07. The molecule has 0 bridgehead atoms. The summed E-state index contributed by atoms with van der Waals surface area (Å²) in [6.45, 7) is 0. The third kappa shape index (κ3) is 2.74. The Balaban J connectivity index is 2.78. The third-order valence-electron chi connectivity index (χ3n) is 1.72. The average molecular weight is 225 g/mol. The molecular formula is C8H7N3O5. The van der Waals surface area contributed by atoms with E-state index in [4.69, 9.17) is 5.11 Å². The van der Waals surface area contributed by atoms with E-state index in [1.54, 1.807) is 0 Å². The molecule has 8 heteroatoms. The lowest BCUT2D eigenvalue weighted by molar-refractivity contribution is -0.384. The predicted molar refractivity (Wildman–Crippen MR) is 53.9 cm³/mol. The normalized spacial score (nSPS) is 11.5. The van der Waals surface area contributed by atoms with Gasteiger partial charge in [0.15, 0.2) is 0 Å². The standard InChI is InChI=1S/C8H7N3O5/c12-8(13)7(10-14)9-5-1-3-6(4-2-5)11(15)16/h1-4,7,9H,(H,12,13). The first-order valence-corrected chi connectivity index (χ1v) is 4.11. The van der Waals surface area contributed by atoms with E-state index < -0.39 is 17.1 Å². The van der Waals surface area contributed by atoms with Crippen LogP contribution in [0, 0.1) is 15.0 Å². The second-order valence-electron chi connectivity index (χ2n) is 2.79. The monoisotopic (exact) mass is 225 g/mol. The van der Waals surface area contributed by atoms with E-state index in [0.29, 0.717) is 0 Å². The second kappa shape index (κ2) is 4.82. The fraction of sp³-hybridized carbons (Fsp3) is 0.125. The maximum absolute atomic E-state index is 10.4. The SMILES string of the molecule is O=NC(Nc1ccc([N+](=O)[O-])cc1)C(=O)O. The number of carboxylic acid groups (broad SMARTS) is 1. The number of anilines is 1. The summed E-state index contributed by atoms with van der Waals surface area (Å²) in [7, 11) is 0. The number of nitrogens with zero attached hydrogens (tertiary/aromatic N) is 2. The van der Waals surface area contributed by atoms with Crippen LogP contribution in [0.4, 0.5) is 11.4 Å². The van der Waals surface area contributed by atoms with Crippen LogP contribution in [-0.4, -0.2) is 22.2 Å². The number of nitroso groups, excluding NO2 is 1. The molecule has 1 rings (SSSR count). The fourth-order valence-electron chi connectivity index (χ4n) is 0.970. The van der Waals surface area contributed by atoms with Crippen molar-refractivity contribution in [2.24, 2.45) is 5.18 Å². The second-order valence-corrected chi connectivity index (χ2v) is 2.79. The minimum Gasteiger partial charge on any atom is -0.478 e. The van der Waals surface area contributed by atoms with Gasteiger partial charge in [0.25, 0.3) is 11.9 Å². The highest BCUT2D eigenvalue weighted by atomic mass is 16.6. The van der Waals surface area contributed by atoms with Gasteiger partial charge in [-0.3, -0.25) is 10.1 Å². The number of carbonyl (C=O) groups is 1. The fourth-order valence-corrected chi connectivity index (χ4v) is 0.970. The molecule has 0 saturated carbocycles. The van der Waals surface area contributed by atoms with Gasteiger partial charge in [-0.15, -0.1) is 4.91 Å². The topological polar surface area (TPSA) is 122 Å². The van der Waals surface area contributed by atoms with Gasteiger partial charge in [0.2, 0.25) is 0 Å². The number of nitro groups is 1. The van der Waals surface area contributed by atoms with Crippen LogP contribution in [0.25, 0.3) is 0 Å². The Morgan fingerprint density at radius 3 is 2.38 bits per heavy atom. The number of non-ortho nitro benzene ring substituents is 1. The molecule has 0 radical (unpaired) electrons. The Bertz CT molecular complexity index is 416. The number of carboxylic acids is 1. The first-order chi connectivity index (χ1) is 7.54. The molecule has 0 aromatic heterocycles. The molecule has 1 atom stereocenters. The first-order valence-electron chi connectivity index (χ1n) is 4.11. The van der Waals surface area contributed by atoms with Crippen LogP contribution in [0.1, 0.15) is 0 Å². The molecule has 0 aliphatic heterocycles. The maximum atomic E-state index is 10.4. The summed E-state index contributed by atoms with van der Waals surface area (Å²) in [4.78, 5) is 30.3. The van der Waals surface area contributed by atoms with Crippen molar-refractivity contribution in [3.8, 4) is 0 Å². The predicted octanol–water partition coefficient (Wildman–Crippen LogP) is 1.18. The molecule has 0 spiro atoms. The molecule has 2 N–H and O–H groups in total. The molecule has 1 aromatic carbocycles. The minimum atomic E-state index is -1.61. The van der Waals surface area contributed by atoms with Crippen LogP contribution in [0.2, 0.25) is 0 Å². The number of nitro benzene ring substituents is 1. The van der Waals surface area contributed by atoms with Gasteiger partial charge in [-0.25, -0.2) is 4.79 Å². The molecule has 1 aromatic rings. The van der Waals surface area contributed by atoms with Crippen molar-refractivity contribution < 1.29 is 14.8 Å². The van der Waals surface area contributed by atoms with Gasteiger partial charge in [-0.1, -0.05) is 0 Å². The van der Waals surface area contributed by atoms with Gasteiger partial charge >= 0.3 is 5.97 Å². The zero-order valence-corrected chi connectivity index (χ0v) is 7.86. The molecule has 1 unspecified atom stereocenters. The summed E-state index contributed by atoms with van der Waals surface area (Å²) in [5, 5.41) is 23.5. The van der Waals surface area contributed by atoms with Gasteiger partial charge in [-0.2, -0.15) is 0 Å². The van der Waals surface area contributed by atoms with Gasteiger partial charge in [0.1, 0.15) is 0 Å². The minimum absolute atomic E-state index is 0.128. The average Bonchev–Trinajstić information content (AvgIpc) is 2.26. The van der Waals surface area contributed by atoms with Crippen LogP contribution in [0.3, 0.4) is 0 Å². The van der Waals surface area contributed by atoms with E-state index >= 15 is 0 Å². The number of rotatable bonds is 5. The molecule has 16 heavy (non-hydrogen) atoms. The Hall–Kier alpha value is -2.51. The maximum Gasteiger partial charge on any atom is 0.352 e. The van der Waals surface area contributed by atoms with E-state index in [1.807, 2.05) is 0 Å². The third-order valence-corrected chi connectivity index (χ3v) is 1.72. The highest BCUT2D eigenvalue weighted by Gasteiger charge is 2.17. The zero-order chi connectivity index (χ0) is 12.1. The Morgan fingerprint density at radius 1 is 1.44 bits per heavy atom. The van der Waals surface area contributed by atoms with Gasteiger partial charge in [0, 0.05) is 17.8 Å². The molecular weight excluding hydrogens is 218 g/mol. The summed E-state index contributed by atoms with van der Waals surface area (Å²) in [6, 6.07) is 4.95. The van der Waals surface area contributed by atoms with Crippen molar-refractivity contribution in [2.45, 2.75) is 6.17 Å². The number of nitrogens with one attached hydrogen (secondary N) is 1. The summed E-state index contributed by atoms with van der Waals surface area (Å²) in [6.07, 6.45) is -1.61. The number of benzene rings is 1. The van der Waals surface area contributed by atoms with Crippen molar-refractivity contribution in [1.29, 1.82) is 0 Å².